The first-order valence-electron chi connectivity index (χ1n) is 11.8. The van der Waals surface area contributed by atoms with Crippen LogP contribution < -0.4 is 10.6 Å². The molecule has 1 aromatic carbocycles. The molecule has 0 fully saturated rings. The van der Waals surface area contributed by atoms with Gasteiger partial charge in [-0.2, -0.15) is 5.10 Å². The van der Waals surface area contributed by atoms with Crippen molar-refractivity contribution in [3.05, 3.63) is 89.0 Å². The number of aromatic nitrogens is 6. The van der Waals surface area contributed by atoms with Gasteiger partial charge in [0.15, 0.2) is 5.82 Å². The third-order valence-corrected chi connectivity index (χ3v) is 6.00. The number of imidazole rings is 1. The number of nitrogens with zero attached hydrogens (tertiary/aromatic N) is 4. The van der Waals surface area contributed by atoms with Crippen molar-refractivity contribution >= 4 is 29.3 Å². The van der Waals surface area contributed by atoms with Crippen molar-refractivity contribution in [2.45, 2.75) is 27.2 Å². The zero-order chi connectivity index (χ0) is 24.4. The quantitative estimate of drug-likeness (QED) is 0.377. The predicted molar refractivity (Wildman–Crippen MR) is 143 cm³/mol. The number of nitrogens with one attached hydrogen (secondary N) is 2. The van der Waals surface area contributed by atoms with Gasteiger partial charge in [-0.15, -0.1) is 0 Å². The summed E-state index contributed by atoms with van der Waals surface area (Å²) in [6.07, 6.45) is 12.6. The van der Waals surface area contributed by atoms with Gasteiger partial charge >= 0.3 is 0 Å². The number of benzene rings is 1. The Morgan fingerprint density at radius 3 is 2.77 bits per heavy atom. The van der Waals surface area contributed by atoms with E-state index in [-0.39, 0.29) is 0 Å². The monoisotopic (exact) mass is 460 g/mol. The fourth-order valence-electron chi connectivity index (χ4n) is 4.20. The van der Waals surface area contributed by atoms with Crippen LogP contribution in [-0.2, 0) is 6.42 Å². The number of hydrogen-bond donors (Lipinski definition) is 2. The smallest absolute Gasteiger partial charge is 0.159 e. The Labute approximate surface area is 204 Å². The van der Waals surface area contributed by atoms with Crippen LogP contribution in [0.5, 0.6) is 0 Å². The van der Waals surface area contributed by atoms with Crippen molar-refractivity contribution in [3.63, 3.8) is 0 Å². The van der Waals surface area contributed by atoms with Crippen LogP contribution in [0, 0.1) is 5.92 Å². The molecule has 6 heteroatoms. The molecule has 0 bridgehead atoms. The fraction of sp³-hybridized carbons (Fsp3) is 0.172. The molecule has 174 valence electrons. The molecule has 35 heavy (non-hydrogen) atoms. The van der Waals surface area contributed by atoms with Crippen LogP contribution in [0.2, 0.25) is 0 Å². The summed E-state index contributed by atoms with van der Waals surface area (Å²) in [5, 5.41) is 9.26. The first-order valence-corrected chi connectivity index (χ1v) is 11.8. The Balaban J connectivity index is 1.48. The van der Waals surface area contributed by atoms with Gasteiger partial charge in [-0.05, 0) is 60.2 Å². The van der Waals surface area contributed by atoms with E-state index in [1.807, 2.05) is 48.9 Å². The predicted octanol–water partition coefficient (Wildman–Crippen LogP) is 4.90. The van der Waals surface area contributed by atoms with E-state index in [9.17, 15) is 0 Å². The number of fused-ring (bicyclic) bond motifs is 1. The summed E-state index contributed by atoms with van der Waals surface area (Å²) in [5.41, 5.74) is 8.08. The number of pyridine rings is 2. The van der Waals surface area contributed by atoms with Crippen LogP contribution in [0.1, 0.15) is 31.9 Å². The minimum Gasteiger partial charge on any atom is -0.337 e. The minimum atomic E-state index is 0.596. The van der Waals surface area contributed by atoms with Crippen molar-refractivity contribution < 1.29 is 0 Å². The van der Waals surface area contributed by atoms with Gasteiger partial charge in [-0.1, -0.05) is 44.7 Å². The summed E-state index contributed by atoms with van der Waals surface area (Å²) in [6.45, 7) is 10.8. The van der Waals surface area contributed by atoms with Gasteiger partial charge in [0.25, 0.3) is 0 Å². The van der Waals surface area contributed by atoms with E-state index in [0.717, 1.165) is 50.3 Å². The van der Waals surface area contributed by atoms with Gasteiger partial charge in [0.2, 0.25) is 0 Å². The molecule has 0 unspecified atom stereocenters. The maximum Gasteiger partial charge on any atom is 0.159 e. The van der Waals surface area contributed by atoms with Crippen molar-refractivity contribution in [1.82, 2.24) is 30.1 Å². The second-order valence-corrected chi connectivity index (χ2v) is 9.19. The van der Waals surface area contributed by atoms with E-state index in [0.29, 0.717) is 17.4 Å². The Hall–Kier alpha value is -4.32. The molecule has 4 aromatic heterocycles. The van der Waals surface area contributed by atoms with Crippen LogP contribution in [0.4, 0.5) is 0 Å². The highest BCUT2D eigenvalue weighted by molar-refractivity contribution is 5.93. The van der Waals surface area contributed by atoms with Crippen molar-refractivity contribution in [1.29, 1.82) is 0 Å². The molecule has 0 aliphatic carbocycles. The van der Waals surface area contributed by atoms with E-state index in [1.165, 1.54) is 5.56 Å². The molecule has 5 aromatic rings. The third kappa shape index (κ3) is 4.68. The average Bonchev–Trinajstić information content (AvgIpc) is 3.45. The normalized spacial score (nSPS) is 12.7. The van der Waals surface area contributed by atoms with Gasteiger partial charge in [-0.25, -0.2) is 4.98 Å². The van der Waals surface area contributed by atoms with E-state index in [2.05, 4.69) is 70.7 Å². The van der Waals surface area contributed by atoms with Gasteiger partial charge < -0.3 is 4.98 Å². The van der Waals surface area contributed by atoms with E-state index >= 15 is 0 Å². The third-order valence-electron chi connectivity index (χ3n) is 6.00. The van der Waals surface area contributed by atoms with E-state index in [4.69, 9.17) is 4.98 Å². The van der Waals surface area contributed by atoms with Crippen molar-refractivity contribution in [3.8, 4) is 22.6 Å². The standard InChI is InChI=1S/C29H28N6/c1-18(2)13-21-14-23(17-31-15-21)19(3)10-11-25-20(4)27(35-34-25)29-32-26-9-5-8-24(28(26)33-29)22-7-6-12-30-16-22/h5-12,14-18,34H,4,13H2,1-3H3,(H,32,33)/b19-10+,25-11+. The summed E-state index contributed by atoms with van der Waals surface area (Å²) in [4.78, 5) is 16.9. The average molecular weight is 461 g/mol. The first-order chi connectivity index (χ1) is 17.0. The van der Waals surface area contributed by atoms with Crippen LogP contribution in [0.3, 0.4) is 0 Å². The summed E-state index contributed by atoms with van der Waals surface area (Å²) < 4.78 is 0. The second kappa shape index (κ2) is 9.50. The molecule has 4 heterocycles. The molecule has 5 rings (SSSR count). The van der Waals surface area contributed by atoms with Gasteiger partial charge in [0, 0.05) is 41.1 Å². The maximum absolute atomic E-state index is 4.87. The summed E-state index contributed by atoms with van der Waals surface area (Å²) in [6, 6.07) is 12.3. The lowest BCUT2D eigenvalue weighted by atomic mass is 10.0. The molecule has 0 atom stereocenters. The van der Waals surface area contributed by atoms with E-state index < -0.39 is 0 Å². The Morgan fingerprint density at radius 2 is 1.97 bits per heavy atom. The van der Waals surface area contributed by atoms with Gasteiger partial charge in [0.05, 0.1) is 16.4 Å². The van der Waals surface area contributed by atoms with Crippen LogP contribution >= 0.6 is 0 Å². The van der Waals surface area contributed by atoms with E-state index in [1.54, 1.807) is 6.20 Å². The van der Waals surface area contributed by atoms with Crippen LogP contribution in [0.15, 0.2) is 67.3 Å². The molecule has 0 aliphatic rings. The Kier molecular flexibility index (Phi) is 6.10. The number of H-pyrrole nitrogens is 2. The first kappa shape index (κ1) is 22.5. The second-order valence-electron chi connectivity index (χ2n) is 9.19. The molecule has 2 N–H and O–H groups in total. The zero-order valence-corrected chi connectivity index (χ0v) is 20.2. The summed E-state index contributed by atoms with van der Waals surface area (Å²) >= 11 is 0. The van der Waals surface area contributed by atoms with Crippen molar-refractivity contribution in [2.24, 2.45) is 5.92 Å². The Bertz CT molecular complexity index is 1620. The molecule has 0 aliphatic heterocycles. The van der Waals surface area contributed by atoms with Crippen LogP contribution in [0.25, 0.3) is 51.9 Å². The lowest BCUT2D eigenvalue weighted by Gasteiger charge is -2.07. The molecule has 0 saturated carbocycles. The molecular formula is C29H28N6. The number of aromatic amines is 2. The number of rotatable bonds is 6. The molecule has 0 amide bonds. The zero-order valence-electron chi connectivity index (χ0n) is 20.2. The molecule has 0 saturated heterocycles. The number of hydrogen-bond acceptors (Lipinski definition) is 4. The summed E-state index contributed by atoms with van der Waals surface area (Å²) in [5.74, 6) is 1.28. The highest BCUT2D eigenvalue weighted by Gasteiger charge is 2.13. The number of para-hydroxylation sites is 1. The SMILES string of the molecule is C=c1c(-c2nc3c(-c4cccnc4)cccc3[nH]2)n[nH]/c1=C/C=C(\C)c1cncc(CC(C)C)c1. The maximum atomic E-state index is 4.87. The van der Waals surface area contributed by atoms with Gasteiger partial charge in [0.1, 0.15) is 5.69 Å². The minimum absolute atomic E-state index is 0.596. The highest BCUT2D eigenvalue weighted by atomic mass is 15.1. The molecule has 6 nitrogen and oxygen atoms in total. The summed E-state index contributed by atoms with van der Waals surface area (Å²) in [7, 11) is 0. The lowest BCUT2D eigenvalue weighted by molar-refractivity contribution is 0.645. The number of allylic oxidation sites excluding steroid dienone is 2. The van der Waals surface area contributed by atoms with Crippen molar-refractivity contribution in [2.75, 3.05) is 0 Å². The topological polar surface area (TPSA) is 83.1 Å². The molecule has 0 spiro atoms. The largest absolute Gasteiger partial charge is 0.337 e. The lowest BCUT2D eigenvalue weighted by Crippen LogP contribution is -2.21. The van der Waals surface area contributed by atoms with Gasteiger partial charge in [-0.3, -0.25) is 15.1 Å². The molecule has 0 radical (unpaired) electrons. The van der Waals surface area contributed by atoms with Crippen LogP contribution in [-0.4, -0.2) is 30.1 Å². The molecular weight excluding hydrogens is 432 g/mol. The highest BCUT2D eigenvalue weighted by Crippen LogP contribution is 2.28. The Morgan fingerprint density at radius 1 is 1.09 bits per heavy atom. The fourth-order valence-corrected chi connectivity index (χ4v) is 4.20.